The van der Waals surface area contributed by atoms with Gasteiger partial charge in [0.2, 0.25) is 0 Å². The Morgan fingerprint density at radius 1 is 1.16 bits per heavy atom. The molecule has 0 bridgehead atoms. The van der Waals surface area contributed by atoms with Crippen LogP contribution < -0.4 is 5.32 Å². The van der Waals surface area contributed by atoms with Crippen molar-refractivity contribution in [2.45, 2.75) is 59.2 Å². The van der Waals surface area contributed by atoms with Gasteiger partial charge in [-0.3, -0.25) is 4.79 Å². The number of aromatic nitrogens is 2. The van der Waals surface area contributed by atoms with Crippen molar-refractivity contribution in [1.82, 2.24) is 14.5 Å². The Labute approximate surface area is 227 Å². The minimum Gasteiger partial charge on any atom is -0.392 e. The molecule has 0 radical (unpaired) electrons. The maximum atomic E-state index is 14.1. The number of aliphatic hydroxyl groups is 1. The molecule has 4 rings (SSSR count). The first-order chi connectivity index (χ1) is 18.1. The number of aliphatic hydroxyl groups excluding tert-OH is 1. The molecule has 0 saturated carbocycles. The number of pyridine rings is 1. The minimum atomic E-state index is -0.851. The van der Waals surface area contributed by atoms with Crippen LogP contribution in [-0.4, -0.2) is 57.1 Å². The lowest BCUT2D eigenvalue weighted by molar-refractivity contribution is -0.214. The predicted octanol–water partition coefficient (Wildman–Crippen LogP) is 5.08. The second kappa shape index (κ2) is 11.8. The van der Waals surface area contributed by atoms with Crippen LogP contribution in [0.15, 0.2) is 42.7 Å². The van der Waals surface area contributed by atoms with Crippen LogP contribution in [0.4, 0.5) is 10.2 Å². The van der Waals surface area contributed by atoms with Crippen molar-refractivity contribution in [2.75, 3.05) is 25.1 Å². The van der Waals surface area contributed by atoms with Crippen LogP contribution >= 0.6 is 11.6 Å². The van der Waals surface area contributed by atoms with Gasteiger partial charge in [0, 0.05) is 49.2 Å². The Morgan fingerprint density at radius 2 is 1.89 bits per heavy atom. The number of rotatable bonds is 6. The molecule has 1 aromatic carbocycles. The summed E-state index contributed by atoms with van der Waals surface area (Å²) in [5.41, 5.74) is 3.04. The Balaban J connectivity index is 1.75. The van der Waals surface area contributed by atoms with E-state index in [1.165, 1.54) is 18.2 Å². The molecule has 0 fully saturated rings. The van der Waals surface area contributed by atoms with Gasteiger partial charge in [0.05, 0.1) is 24.8 Å². The number of benzene rings is 1. The van der Waals surface area contributed by atoms with Crippen LogP contribution in [0.25, 0.3) is 11.1 Å². The second-order valence-corrected chi connectivity index (χ2v) is 10.5. The van der Waals surface area contributed by atoms with Crippen LogP contribution in [0.5, 0.6) is 0 Å². The van der Waals surface area contributed by atoms with Crippen molar-refractivity contribution in [3.05, 3.63) is 70.4 Å². The fourth-order valence-corrected chi connectivity index (χ4v) is 4.62. The zero-order chi connectivity index (χ0) is 27.4. The summed E-state index contributed by atoms with van der Waals surface area (Å²) in [5, 5.41) is 13.5. The van der Waals surface area contributed by atoms with Crippen LogP contribution in [-0.2, 0) is 29.2 Å². The van der Waals surface area contributed by atoms with E-state index in [4.69, 9.17) is 21.1 Å². The summed E-state index contributed by atoms with van der Waals surface area (Å²) < 4.78 is 27.8. The summed E-state index contributed by atoms with van der Waals surface area (Å²) in [6.07, 6.45) is 3.47. The molecule has 0 saturated heterocycles. The SMILES string of the molecule is CC(C)Nc1cc(-c2cc3n(c2)CCOC(C)(C)OCCN(Cc2cc(F)ccc2CO)C3=O)c(Cl)cn1. The quantitative estimate of drug-likeness (QED) is 0.450. The van der Waals surface area contributed by atoms with Crippen LogP contribution in [0.2, 0.25) is 5.02 Å². The third-order valence-corrected chi connectivity index (χ3v) is 6.60. The summed E-state index contributed by atoms with van der Waals surface area (Å²) in [5.74, 6) is -0.854. The van der Waals surface area contributed by atoms with Crippen molar-refractivity contribution in [2.24, 2.45) is 0 Å². The fourth-order valence-electron chi connectivity index (χ4n) is 4.41. The van der Waals surface area contributed by atoms with Gasteiger partial charge in [-0.2, -0.15) is 0 Å². The predicted molar refractivity (Wildman–Crippen MR) is 144 cm³/mol. The van der Waals surface area contributed by atoms with E-state index < -0.39 is 11.6 Å². The molecule has 0 atom stereocenters. The van der Waals surface area contributed by atoms with Gasteiger partial charge in [0.25, 0.3) is 5.91 Å². The van der Waals surface area contributed by atoms with Gasteiger partial charge in [-0.1, -0.05) is 17.7 Å². The number of hydrogen-bond acceptors (Lipinski definition) is 6. The number of hydrogen-bond donors (Lipinski definition) is 2. The molecule has 0 aliphatic carbocycles. The molecule has 38 heavy (non-hydrogen) atoms. The number of carbonyl (C=O) groups is 1. The zero-order valence-electron chi connectivity index (χ0n) is 22.1. The van der Waals surface area contributed by atoms with E-state index in [2.05, 4.69) is 10.3 Å². The van der Waals surface area contributed by atoms with Crippen molar-refractivity contribution in [1.29, 1.82) is 0 Å². The van der Waals surface area contributed by atoms with Crippen LogP contribution in [0.3, 0.4) is 0 Å². The molecule has 0 spiro atoms. The van der Waals surface area contributed by atoms with E-state index in [1.807, 2.05) is 44.5 Å². The third-order valence-electron chi connectivity index (χ3n) is 6.30. The molecule has 2 aromatic heterocycles. The van der Waals surface area contributed by atoms with E-state index in [0.29, 0.717) is 40.8 Å². The number of halogens is 2. The molecule has 3 heterocycles. The zero-order valence-corrected chi connectivity index (χ0v) is 22.9. The minimum absolute atomic E-state index is 0.107. The lowest BCUT2D eigenvalue weighted by Gasteiger charge is -2.27. The highest BCUT2D eigenvalue weighted by Gasteiger charge is 2.26. The molecule has 1 aliphatic heterocycles. The van der Waals surface area contributed by atoms with Gasteiger partial charge < -0.3 is 29.4 Å². The number of amides is 1. The van der Waals surface area contributed by atoms with Crippen molar-refractivity contribution in [3.63, 3.8) is 0 Å². The van der Waals surface area contributed by atoms with Crippen molar-refractivity contribution >= 4 is 23.3 Å². The Hall–Kier alpha value is -2.98. The van der Waals surface area contributed by atoms with E-state index in [1.54, 1.807) is 17.2 Å². The molecule has 0 unspecified atom stereocenters. The standard InChI is InChI=1S/C28H34ClFN4O4/c1-18(2)32-26-13-23(24(29)14-31-26)21-12-25-27(36)34(15-20-11-22(30)6-5-19(20)17-35)8-10-38-28(3,4)37-9-7-33(25)16-21/h5-6,11-14,16,18,35H,7-10,15,17H2,1-4H3,(H,31,32). The first kappa shape index (κ1) is 28.0. The Morgan fingerprint density at radius 3 is 2.61 bits per heavy atom. The maximum absolute atomic E-state index is 14.1. The van der Waals surface area contributed by atoms with Crippen LogP contribution in [0.1, 0.15) is 49.3 Å². The number of ether oxygens (including phenoxy) is 2. The number of carbonyl (C=O) groups excluding carboxylic acids is 1. The molecule has 1 aliphatic rings. The highest BCUT2D eigenvalue weighted by molar-refractivity contribution is 6.33. The first-order valence-corrected chi connectivity index (χ1v) is 13.0. The van der Waals surface area contributed by atoms with Gasteiger partial charge in [0.1, 0.15) is 17.3 Å². The molecule has 2 N–H and O–H groups in total. The number of fused-ring (bicyclic) bond motifs is 1. The summed E-state index contributed by atoms with van der Waals surface area (Å²) >= 11 is 6.53. The monoisotopic (exact) mass is 544 g/mol. The van der Waals surface area contributed by atoms with Crippen molar-refractivity contribution < 1.29 is 23.8 Å². The molecule has 3 aromatic rings. The third kappa shape index (κ3) is 6.71. The van der Waals surface area contributed by atoms with E-state index in [9.17, 15) is 14.3 Å². The van der Waals surface area contributed by atoms with Gasteiger partial charge in [0.15, 0.2) is 5.79 Å². The van der Waals surface area contributed by atoms with E-state index in [0.717, 1.165) is 11.1 Å². The van der Waals surface area contributed by atoms with Crippen LogP contribution in [0, 0.1) is 5.82 Å². The van der Waals surface area contributed by atoms with Gasteiger partial charge in [-0.15, -0.1) is 0 Å². The molecular weight excluding hydrogens is 511 g/mol. The summed E-state index contributed by atoms with van der Waals surface area (Å²) in [4.78, 5) is 19.9. The van der Waals surface area contributed by atoms with E-state index in [-0.39, 0.29) is 38.3 Å². The van der Waals surface area contributed by atoms with Gasteiger partial charge in [-0.05, 0) is 63.1 Å². The molecule has 204 valence electrons. The number of anilines is 1. The first-order valence-electron chi connectivity index (χ1n) is 12.6. The molecular formula is C28H34ClFN4O4. The average Bonchev–Trinajstić information content (AvgIpc) is 3.26. The molecule has 8 nitrogen and oxygen atoms in total. The summed E-state index contributed by atoms with van der Waals surface area (Å²) in [6, 6.07) is 8.03. The Bertz CT molecular complexity index is 1290. The lowest BCUT2D eigenvalue weighted by Crippen LogP contribution is -2.37. The molecule has 1 amide bonds. The maximum Gasteiger partial charge on any atom is 0.270 e. The fraction of sp³-hybridized carbons (Fsp3) is 0.429. The number of nitrogens with one attached hydrogen (secondary N) is 1. The normalized spacial score (nSPS) is 16.3. The molecule has 10 heteroatoms. The summed E-state index contributed by atoms with van der Waals surface area (Å²) in [6.45, 7) is 8.74. The smallest absolute Gasteiger partial charge is 0.270 e. The van der Waals surface area contributed by atoms with Gasteiger partial charge >= 0.3 is 0 Å². The van der Waals surface area contributed by atoms with Crippen molar-refractivity contribution in [3.8, 4) is 11.1 Å². The second-order valence-electron chi connectivity index (χ2n) is 10.1. The average molecular weight is 545 g/mol. The van der Waals surface area contributed by atoms with Gasteiger partial charge in [-0.25, -0.2) is 9.37 Å². The summed E-state index contributed by atoms with van der Waals surface area (Å²) in [7, 11) is 0. The number of nitrogens with zero attached hydrogens (tertiary/aromatic N) is 3. The Kier molecular flexibility index (Phi) is 8.72. The lowest BCUT2D eigenvalue weighted by atomic mass is 10.1. The highest BCUT2D eigenvalue weighted by atomic mass is 35.5. The van der Waals surface area contributed by atoms with E-state index >= 15 is 0 Å². The highest BCUT2D eigenvalue weighted by Crippen LogP contribution is 2.32. The largest absolute Gasteiger partial charge is 0.392 e. The topological polar surface area (TPSA) is 88.9 Å².